The van der Waals surface area contributed by atoms with Gasteiger partial charge in [-0.2, -0.15) is 4.98 Å². The summed E-state index contributed by atoms with van der Waals surface area (Å²) < 4.78 is 11.4. The summed E-state index contributed by atoms with van der Waals surface area (Å²) in [5.41, 5.74) is 1.51. The zero-order valence-electron chi connectivity index (χ0n) is 14.8. The van der Waals surface area contributed by atoms with Gasteiger partial charge in [0.15, 0.2) is 6.10 Å². The van der Waals surface area contributed by atoms with Crippen molar-refractivity contribution in [2.24, 2.45) is 0 Å². The second-order valence-corrected chi connectivity index (χ2v) is 6.94. The number of benzene rings is 2. The maximum absolute atomic E-state index is 11.2. The Balaban J connectivity index is 1.62. The smallest absolute Gasteiger partial charge is 0.270 e. The molecule has 0 amide bonds. The van der Waals surface area contributed by atoms with E-state index in [1.807, 2.05) is 47.8 Å². The molecule has 0 saturated carbocycles. The Morgan fingerprint density at radius 1 is 1.14 bits per heavy atom. The molecule has 0 aliphatic rings. The van der Waals surface area contributed by atoms with Gasteiger partial charge in [0, 0.05) is 28.1 Å². The number of nitrogens with zero attached hydrogens (tertiary/aromatic N) is 3. The Labute approximate surface area is 164 Å². The lowest BCUT2D eigenvalue weighted by atomic mass is 10.1. The van der Waals surface area contributed by atoms with Gasteiger partial charge in [-0.05, 0) is 24.4 Å². The summed E-state index contributed by atoms with van der Waals surface area (Å²) in [6, 6.07) is 17.8. The number of ether oxygens (including phenoxy) is 1. The first-order valence-corrected chi connectivity index (χ1v) is 9.38. The van der Waals surface area contributed by atoms with Crippen LogP contribution in [-0.4, -0.2) is 15.1 Å². The highest BCUT2D eigenvalue weighted by Gasteiger charge is 2.20. The Morgan fingerprint density at radius 2 is 1.96 bits per heavy atom. The van der Waals surface area contributed by atoms with E-state index in [9.17, 15) is 10.1 Å². The summed E-state index contributed by atoms with van der Waals surface area (Å²) in [4.78, 5) is 16.0. The van der Waals surface area contributed by atoms with Crippen molar-refractivity contribution >= 4 is 17.0 Å². The molecule has 4 rings (SSSR count). The second kappa shape index (κ2) is 7.61. The Morgan fingerprint density at radius 3 is 2.68 bits per heavy atom. The summed E-state index contributed by atoms with van der Waals surface area (Å²) in [6.07, 6.45) is -0.523. The van der Waals surface area contributed by atoms with Gasteiger partial charge in [0.2, 0.25) is 5.82 Å². The number of non-ortho nitro benzene ring substituents is 1. The van der Waals surface area contributed by atoms with E-state index in [1.54, 1.807) is 13.0 Å². The molecule has 0 aliphatic carbocycles. The van der Waals surface area contributed by atoms with E-state index < -0.39 is 11.0 Å². The average Bonchev–Trinajstić information content (AvgIpc) is 3.41. The van der Waals surface area contributed by atoms with Gasteiger partial charge in [-0.1, -0.05) is 41.6 Å². The van der Waals surface area contributed by atoms with Gasteiger partial charge in [0.1, 0.15) is 5.75 Å². The number of hydrogen-bond donors (Lipinski definition) is 0. The highest BCUT2D eigenvalue weighted by Crippen LogP contribution is 2.38. The zero-order valence-corrected chi connectivity index (χ0v) is 15.6. The first kappa shape index (κ1) is 17.9. The minimum atomic E-state index is -0.523. The van der Waals surface area contributed by atoms with Gasteiger partial charge < -0.3 is 9.26 Å². The van der Waals surface area contributed by atoms with E-state index >= 15 is 0 Å². The molecule has 4 aromatic rings. The van der Waals surface area contributed by atoms with Crippen molar-refractivity contribution in [3.8, 4) is 27.6 Å². The van der Waals surface area contributed by atoms with Crippen molar-refractivity contribution in [2.75, 3.05) is 0 Å². The number of thiophene rings is 1. The van der Waals surface area contributed by atoms with Crippen LogP contribution in [0.15, 0.2) is 70.6 Å². The van der Waals surface area contributed by atoms with Crippen molar-refractivity contribution in [1.29, 1.82) is 0 Å². The van der Waals surface area contributed by atoms with Crippen molar-refractivity contribution in [3.63, 3.8) is 0 Å². The molecule has 0 radical (unpaired) electrons. The molecule has 0 aliphatic heterocycles. The number of nitro benzene ring substituents is 1. The van der Waals surface area contributed by atoms with Crippen LogP contribution in [0.5, 0.6) is 5.75 Å². The fourth-order valence-corrected chi connectivity index (χ4v) is 3.45. The maximum atomic E-state index is 11.2. The maximum Gasteiger partial charge on any atom is 0.270 e. The molecule has 0 N–H and O–H groups in total. The van der Waals surface area contributed by atoms with Gasteiger partial charge >= 0.3 is 0 Å². The molecule has 0 fully saturated rings. The molecular weight excluding hydrogens is 378 g/mol. The summed E-state index contributed by atoms with van der Waals surface area (Å²) in [6.45, 7) is 1.79. The lowest BCUT2D eigenvalue weighted by Gasteiger charge is -2.14. The minimum Gasteiger partial charge on any atom is -0.480 e. The molecule has 8 heteroatoms. The zero-order chi connectivity index (χ0) is 19.5. The minimum absolute atomic E-state index is 0.00700. The number of rotatable bonds is 6. The third kappa shape index (κ3) is 3.63. The lowest BCUT2D eigenvalue weighted by molar-refractivity contribution is -0.384. The molecule has 140 valence electrons. The van der Waals surface area contributed by atoms with Crippen LogP contribution in [0.1, 0.15) is 18.9 Å². The highest BCUT2D eigenvalue weighted by atomic mass is 32.1. The van der Waals surface area contributed by atoms with Crippen LogP contribution in [0.2, 0.25) is 0 Å². The Bertz CT molecular complexity index is 1090. The summed E-state index contributed by atoms with van der Waals surface area (Å²) in [7, 11) is 0. The second-order valence-electron chi connectivity index (χ2n) is 6.00. The molecule has 28 heavy (non-hydrogen) atoms. The van der Waals surface area contributed by atoms with Crippen LogP contribution in [-0.2, 0) is 0 Å². The van der Waals surface area contributed by atoms with Crippen LogP contribution < -0.4 is 4.74 Å². The van der Waals surface area contributed by atoms with Gasteiger partial charge in [-0.25, -0.2) is 0 Å². The molecule has 2 aromatic heterocycles. The van der Waals surface area contributed by atoms with Gasteiger partial charge in [0.05, 0.1) is 4.92 Å². The van der Waals surface area contributed by atoms with Crippen LogP contribution >= 0.6 is 11.3 Å². The SMILES string of the molecule is C[C@@H](Oc1ccc([N+](=O)[O-])cc1-c1cccs1)c1nc(-c2ccccc2)no1. The molecule has 0 unspecified atom stereocenters. The van der Waals surface area contributed by atoms with Crippen LogP contribution in [0.3, 0.4) is 0 Å². The molecule has 7 nitrogen and oxygen atoms in total. The van der Waals surface area contributed by atoms with Crippen molar-refractivity contribution in [3.05, 3.63) is 82.0 Å². The molecular formula is C20H15N3O4S. The molecule has 0 spiro atoms. The number of nitro groups is 1. The van der Waals surface area contributed by atoms with Crippen molar-refractivity contribution in [2.45, 2.75) is 13.0 Å². The topological polar surface area (TPSA) is 91.3 Å². The summed E-state index contributed by atoms with van der Waals surface area (Å²) in [5.74, 6) is 1.32. The van der Waals surface area contributed by atoms with E-state index in [0.717, 1.165) is 10.4 Å². The van der Waals surface area contributed by atoms with E-state index in [0.29, 0.717) is 23.0 Å². The first-order valence-electron chi connectivity index (χ1n) is 8.50. The van der Waals surface area contributed by atoms with E-state index in [4.69, 9.17) is 9.26 Å². The highest BCUT2D eigenvalue weighted by molar-refractivity contribution is 7.13. The quantitative estimate of drug-likeness (QED) is 0.317. The largest absolute Gasteiger partial charge is 0.480 e. The molecule has 0 bridgehead atoms. The summed E-state index contributed by atoms with van der Waals surface area (Å²) >= 11 is 1.48. The number of hydrogen-bond acceptors (Lipinski definition) is 7. The predicted octanol–water partition coefficient (Wildman–Crippen LogP) is 5.51. The van der Waals surface area contributed by atoms with E-state index in [-0.39, 0.29) is 5.69 Å². The molecule has 0 saturated heterocycles. The standard InChI is InChI=1S/C20H15N3O4S/c1-13(20-21-19(22-27-20)14-6-3-2-4-7-14)26-17-10-9-15(23(24)25)12-16(17)18-8-5-11-28-18/h2-13H,1H3/t13-/m1/s1. The fraction of sp³-hybridized carbons (Fsp3) is 0.100. The molecule has 2 aromatic carbocycles. The predicted molar refractivity (Wildman–Crippen MR) is 105 cm³/mol. The Hall–Kier alpha value is -3.52. The fourth-order valence-electron chi connectivity index (χ4n) is 2.70. The van der Waals surface area contributed by atoms with Gasteiger partial charge in [0.25, 0.3) is 11.6 Å². The number of aromatic nitrogens is 2. The van der Waals surface area contributed by atoms with Gasteiger partial charge in [-0.3, -0.25) is 10.1 Å². The van der Waals surface area contributed by atoms with Crippen molar-refractivity contribution < 1.29 is 14.2 Å². The Kier molecular flexibility index (Phi) is 4.86. The van der Waals surface area contributed by atoms with Gasteiger partial charge in [-0.15, -0.1) is 11.3 Å². The monoisotopic (exact) mass is 393 g/mol. The molecule has 2 heterocycles. The molecule has 1 atom stereocenters. The normalized spacial score (nSPS) is 11.9. The summed E-state index contributed by atoms with van der Waals surface area (Å²) in [5, 5.41) is 17.1. The van der Waals surface area contributed by atoms with Crippen LogP contribution in [0, 0.1) is 10.1 Å². The van der Waals surface area contributed by atoms with E-state index in [2.05, 4.69) is 10.1 Å². The van der Waals surface area contributed by atoms with Crippen LogP contribution in [0.4, 0.5) is 5.69 Å². The van der Waals surface area contributed by atoms with Crippen LogP contribution in [0.25, 0.3) is 21.8 Å². The van der Waals surface area contributed by atoms with Crippen molar-refractivity contribution in [1.82, 2.24) is 10.1 Å². The first-order chi connectivity index (χ1) is 13.6. The third-order valence-corrected chi connectivity index (χ3v) is 4.99. The third-order valence-electron chi connectivity index (χ3n) is 4.09. The lowest BCUT2D eigenvalue weighted by Crippen LogP contribution is -2.04. The van der Waals surface area contributed by atoms with E-state index in [1.165, 1.54) is 23.5 Å². The average molecular weight is 393 g/mol.